The van der Waals surface area contributed by atoms with E-state index in [9.17, 15) is 14.4 Å². The Bertz CT molecular complexity index is 1130. The van der Waals surface area contributed by atoms with Crippen LogP contribution < -0.4 is 0 Å². The number of allylic oxidation sites excluding steroid dienone is 10. The Hall–Kier alpha value is -2.89. The van der Waals surface area contributed by atoms with Gasteiger partial charge in [0.05, 0.1) is 0 Å². The van der Waals surface area contributed by atoms with Crippen molar-refractivity contribution in [2.24, 2.45) is 0 Å². The summed E-state index contributed by atoms with van der Waals surface area (Å²) < 4.78 is 16.8. The molecule has 0 bridgehead atoms. The van der Waals surface area contributed by atoms with E-state index in [2.05, 4.69) is 81.5 Å². The van der Waals surface area contributed by atoms with Crippen molar-refractivity contribution in [3.63, 3.8) is 0 Å². The molecule has 0 aromatic carbocycles. The van der Waals surface area contributed by atoms with Gasteiger partial charge in [0.1, 0.15) is 13.2 Å². The van der Waals surface area contributed by atoms with E-state index in [-0.39, 0.29) is 31.1 Å². The zero-order chi connectivity index (χ0) is 45.1. The first-order valence-electron chi connectivity index (χ1n) is 26.3. The predicted molar refractivity (Wildman–Crippen MR) is 265 cm³/mol. The van der Waals surface area contributed by atoms with Crippen molar-refractivity contribution in [1.82, 2.24) is 0 Å². The van der Waals surface area contributed by atoms with Gasteiger partial charge in [-0.05, 0) is 83.5 Å². The third-order valence-electron chi connectivity index (χ3n) is 11.3. The fourth-order valence-electron chi connectivity index (χ4n) is 7.31. The molecule has 0 heterocycles. The number of rotatable bonds is 47. The topological polar surface area (TPSA) is 78.9 Å². The average Bonchev–Trinajstić information content (AvgIpc) is 3.27. The van der Waals surface area contributed by atoms with Gasteiger partial charge in [0, 0.05) is 19.3 Å². The Morgan fingerprint density at radius 1 is 0.339 bits per heavy atom. The molecule has 6 heteroatoms. The lowest BCUT2D eigenvalue weighted by Crippen LogP contribution is -2.30. The van der Waals surface area contributed by atoms with Crippen LogP contribution in [0.5, 0.6) is 0 Å². The van der Waals surface area contributed by atoms with Crippen LogP contribution in [0.15, 0.2) is 60.8 Å². The molecule has 0 aliphatic rings. The van der Waals surface area contributed by atoms with Gasteiger partial charge in [-0.3, -0.25) is 14.4 Å². The second-order valence-electron chi connectivity index (χ2n) is 17.4. The molecule has 1 atom stereocenters. The molecule has 0 aliphatic heterocycles. The Balaban J connectivity index is 4.41. The SMILES string of the molecule is CC/C=C\C/C=C\C/C=C\C/C=C\CCCCCCC(=O)OCC(COC(=O)CCCCCCC/C=C\CCCCCC)OC(=O)CCCCCCCCCCCCCCCC. The lowest BCUT2D eigenvalue weighted by molar-refractivity contribution is -0.167. The van der Waals surface area contributed by atoms with Crippen LogP contribution in [-0.2, 0) is 28.6 Å². The first-order chi connectivity index (χ1) is 30.5. The summed E-state index contributed by atoms with van der Waals surface area (Å²) in [6, 6.07) is 0. The van der Waals surface area contributed by atoms with Crippen molar-refractivity contribution >= 4 is 17.9 Å². The van der Waals surface area contributed by atoms with Gasteiger partial charge in [0.15, 0.2) is 6.10 Å². The molecular weight excluding hydrogens is 769 g/mol. The van der Waals surface area contributed by atoms with Crippen molar-refractivity contribution in [1.29, 1.82) is 0 Å². The molecule has 0 amide bonds. The standard InChI is InChI=1S/C56H98O6/c1-4-7-10-13-16-19-22-25-27-28-29-32-34-37-40-43-46-49-55(58)61-52-53(51-60-54(57)48-45-42-39-36-33-30-24-21-18-15-12-9-6-3)62-56(59)50-47-44-41-38-35-31-26-23-20-17-14-11-8-5-2/h7,10,16,19,21,24-25,27,29,32,53H,4-6,8-9,11-15,17-18,20,22-23,26,28,30-31,33-52H2,1-3H3/b10-7-,19-16-,24-21-,27-25-,32-29-. The van der Waals surface area contributed by atoms with E-state index in [1.54, 1.807) is 0 Å². The fraction of sp³-hybridized carbons (Fsp3) is 0.768. The van der Waals surface area contributed by atoms with E-state index in [0.29, 0.717) is 19.3 Å². The number of carbonyl (C=O) groups excluding carboxylic acids is 3. The quantitative estimate of drug-likeness (QED) is 0.0262. The van der Waals surface area contributed by atoms with E-state index < -0.39 is 6.10 Å². The van der Waals surface area contributed by atoms with Gasteiger partial charge in [-0.1, -0.05) is 216 Å². The maximum atomic E-state index is 12.8. The molecule has 0 saturated heterocycles. The van der Waals surface area contributed by atoms with E-state index in [1.807, 2.05) is 0 Å². The largest absolute Gasteiger partial charge is 0.462 e. The molecule has 0 rings (SSSR count). The summed E-state index contributed by atoms with van der Waals surface area (Å²) in [5, 5.41) is 0. The molecule has 0 aromatic heterocycles. The van der Waals surface area contributed by atoms with Gasteiger partial charge in [0.2, 0.25) is 0 Å². The molecule has 358 valence electrons. The second kappa shape index (κ2) is 50.8. The second-order valence-corrected chi connectivity index (χ2v) is 17.4. The first-order valence-corrected chi connectivity index (χ1v) is 26.3. The van der Waals surface area contributed by atoms with Crippen LogP contribution >= 0.6 is 0 Å². The van der Waals surface area contributed by atoms with Crippen molar-refractivity contribution in [2.45, 2.75) is 264 Å². The summed E-state index contributed by atoms with van der Waals surface area (Å²) in [5.41, 5.74) is 0. The molecule has 62 heavy (non-hydrogen) atoms. The van der Waals surface area contributed by atoms with Crippen LogP contribution in [0.1, 0.15) is 258 Å². The number of hydrogen-bond acceptors (Lipinski definition) is 6. The molecule has 0 radical (unpaired) electrons. The summed E-state index contributed by atoms with van der Waals surface area (Å²) in [5.74, 6) is -0.910. The number of unbranched alkanes of at least 4 members (excludes halogenated alkanes) is 26. The summed E-state index contributed by atoms with van der Waals surface area (Å²) in [6.45, 7) is 6.49. The highest BCUT2D eigenvalue weighted by atomic mass is 16.6. The third-order valence-corrected chi connectivity index (χ3v) is 11.3. The van der Waals surface area contributed by atoms with Crippen LogP contribution in [-0.4, -0.2) is 37.2 Å². The van der Waals surface area contributed by atoms with Crippen LogP contribution in [0.25, 0.3) is 0 Å². The lowest BCUT2D eigenvalue weighted by Gasteiger charge is -2.18. The van der Waals surface area contributed by atoms with Gasteiger partial charge >= 0.3 is 17.9 Å². The highest BCUT2D eigenvalue weighted by molar-refractivity contribution is 5.71. The van der Waals surface area contributed by atoms with Crippen LogP contribution in [0.4, 0.5) is 0 Å². The Morgan fingerprint density at radius 3 is 1.02 bits per heavy atom. The van der Waals surface area contributed by atoms with Crippen molar-refractivity contribution < 1.29 is 28.6 Å². The fourth-order valence-corrected chi connectivity index (χ4v) is 7.31. The molecule has 0 saturated carbocycles. The maximum absolute atomic E-state index is 12.8. The average molecular weight is 867 g/mol. The molecule has 6 nitrogen and oxygen atoms in total. The van der Waals surface area contributed by atoms with Crippen molar-refractivity contribution in [3.05, 3.63) is 60.8 Å². The molecule has 0 aromatic rings. The minimum Gasteiger partial charge on any atom is -0.462 e. The molecular formula is C56H98O6. The highest BCUT2D eigenvalue weighted by Gasteiger charge is 2.19. The number of hydrogen-bond donors (Lipinski definition) is 0. The van der Waals surface area contributed by atoms with Crippen LogP contribution in [0, 0.1) is 0 Å². The summed E-state index contributed by atoms with van der Waals surface area (Å²) in [7, 11) is 0. The first kappa shape index (κ1) is 59.1. The van der Waals surface area contributed by atoms with E-state index >= 15 is 0 Å². The summed E-state index contributed by atoms with van der Waals surface area (Å²) in [4.78, 5) is 38.0. The van der Waals surface area contributed by atoms with Gasteiger partial charge in [-0.15, -0.1) is 0 Å². The maximum Gasteiger partial charge on any atom is 0.306 e. The van der Waals surface area contributed by atoms with Gasteiger partial charge in [-0.2, -0.15) is 0 Å². The van der Waals surface area contributed by atoms with Crippen LogP contribution in [0.2, 0.25) is 0 Å². The number of ether oxygens (including phenoxy) is 3. The minimum atomic E-state index is -0.784. The molecule has 0 spiro atoms. The van der Waals surface area contributed by atoms with E-state index in [4.69, 9.17) is 14.2 Å². The Morgan fingerprint density at radius 2 is 0.629 bits per heavy atom. The summed E-state index contributed by atoms with van der Waals surface area (Å²) >= 11 is 0. The molecule has 0 aliphatic carbocycles. The molecule has 1 unspecified atom stereocenters. The van der Waals surface area contributed by atoms with Gasteiger partial charge in [-0.25, -0.2) is 0 Å². The smallest absolute Gasteiger partial charge is 0.306 e. The number of carbonyl (C=O) groups is 3. The zero-order valence-corrected chi connectivity index (χ0v) is 40.9. The zero-order valence-electron chi connectivity index (χ0n) is 40.9. The minimum absolute atomic E-state index is 0.0847. The molecule has 0 N–H and O–H groups in total. The third kappa shape index (κ3) is 48.1. The number of esters is 3. The highest BCUT2D eigenvalue weighted by Crippen LogP contribution is 2.15. The Labute approximate surface area is 383 Å². The lowest BCUT2D eigenvalue weighted by atomic mass is 10.0. The van der Waals surface area contributed by atoms with E-state index in [0.717, 1.165) is 103 Å². The Kier molecular flexibility index (Phi) is 48.4. The molecule has 0 fully saturated rings. The monoisotopic (exact) mass is 867 g/mol. The normalized spacial score (nSPS) is 12.5. The van der Waals surface area contributed by atoms with E-state index in [1.165, 1.54) is 116 Å². The van der Waals surface area contributed by atoms with Crippen LogP contribution in [0.3, 0.4) is 0 Å². The summed E-state index contributed by atoms with van der Waals surface area (Å²) in [6.07, 6.45) is 62.0. The predicted octanol–water partition coefficient (Wildman–Crippen LogP) is 17.3. The van der Waals surface area contributed by atoms with Gasteiger partial charge in [0.25, 0.3) is 0 Å². The van der Waals surface area contributed by atoms with Gasteiger partial charge < -0.3 is 14.2 Å². The van der Waals surface area contributed by atoms with Crippen molar-refractivity contribution in [3.8, 4) is 0 Å². The van der Waals surface area contributed by atoms with Crippen molar-refractivity contribution in [2.75, 3.05) is 13.2 Å².